The van der Waals surface area contributed by atoms with E-state index in [1.54, 1.807) is 25.1 Å². The molecule has 5 nitrogen and oxygen atoms in total. The predicted octanol–water partition coefficient (Wildman–Crippen LogP) is 2.75. The van der Waals surface area contributed by atoms with Gasteiger partial charge in [0, 0.05) is 31.5 Å². The Bertz CT molecular complexity index is 656. The van der Waals surface area contributed by atoms with Gasteiger partial charge in [0.05, 0.1) is 5.56 Å². The third-order valence-electron chi connectivity index (χ3n) is 4.94. The molecule has 1 saturated heterocycles. The van der Waals surface area contributed by atoms with Crippen LogP contribution >= 0.6 is 0 Å². The van der Waals surface area contributed by atoms with Crippen LogP contribution in [0.2, 0.25) is 0 Å². The Morgan fingerprint density at radius 2 is 1.76 bits per heavy atom. The molecule has 1 atom stereocenters. The number of carbonyl (C=O) groups excluding carboxylic acids is 3. The lowest BCUT2D eigenvalue weighted by molar-refractivity contribution is -0.133. The summed E-state index contributed by atoms with van der Waals surface area (Å²) in [6, 6.07) is 6.99. The number of rotatable bonds is 7. The summed E-state index contributed by atoms with van der Waals surface area (Å²) in [5.41, 5.74) is 1.05. The largest absolute Gasteiger partial charge is 0.451 e. The molecular formula is C20H24O5. The molecule has 0 aromatic heterocycles. The van der Waals surface area contributed by atoms with Gasteiger partial charge in [-0.25, -0.2) is 4.79 Å². The summed E-state index contributed by atoms with van der Waals surface area (Å²) in [7, 11) is 0. The lowest BCUT2D eigenvalue weighted by atomic mass is 9.92. The van der Waals surface area contributed by atoms with Crippen molar-refractivity contribution in [1.82, 2.24) is 0 Å². The minimum atomic E-state index is -0.789. The molecule has 2 aliphatic rings. The highest BCUT2D eigenvalue weighted by atomic mass is 16.5. The SMILES string of the molecule is CC(OC(=O)c1ccccc1CC(=O)C1CC1)C(=O)C1CCOCC1. The Hall–Kier alpha value is -2.01. The number of hydrogen-bond acceptors (Lipinski definition) is 5. The number of carbonyl (C=O) groups is 3. The second kappa shape index (κ2) is 7.91. The Balaban J connectivity index is 1.64. The predicted molar refractivity (Wildman–Crippen MR) is 91.3 cm³/mol. The topological polar surface area (TPSA) is 69.7 Å². The molecule has 0 amide bonds. The number of ketones is 2. The molecule has 1 unspecified atom stereocenters. The number of benzene rings is 1. The van der Waals surface area contributed by atoms with Crippen LogP contribution in [0.3, 0.4) is 0 Å². The van der Waals surface area contributed by atoms with E-state index in [2.05, 4.69) is 0 Å². The van der Waals surface area contributed by atoms with E-state index in [4.69, 9.17) is 9.47 Å². The van der Waals surface area contributed by atoms with Crippen molar-refractivity contribution in [3.05, 3.63) is 35.4 Å². The van der Waals surface area contributed by atoms with Crippen LogP contribution in [0.25, 0.3) is 0 Å². The van der Waals surface area contributed by atoms with Crippen LogP contribution in [0, 0.1) is 11.8 Å². The van der Waals surface area contributed by atoms with Gasteiger partial charge in [0.15, 0.2) is 11.9 Å². The summed E-state index contributed by atoms with van der Waals surface area (Å²) in [5.74, 6) is -0.372. The highest BCUT2D eigenvalue weighted by Crippen LogP contribution is 2.31. The van der Waals surface area contributed by atoms with E-state index in [0.717, 1.165) is 12.8 Å². The lowest BCUT2D eigenvalue weighted by Gasteiger charge is -2.23. The van der Waals surface area contributed by atoms with Crippen LogP contribution in [0.5, 0.6) is 0 Å². The normalized spacial score (nSPS) is 19.2. The van der Waals surface area contributed by atoms with Crippen molar-refractivity contribution in [3.63, 3.8) is 0 Å². The summed E-state index contributed by atoms with van der Waals surface area (Å²) in [5, 5.41) is 0. The third kappa shape index (κ3) is 4.54. The third-order valence-corrected chi connectivity index (χ3v) is 4.94. The maximum atomic E-state index is 12.5. The molecule has 134 valence electrons. The van der Waals surface area contributed by atoms with Crippen LogP contribution in [0.4, 0.5) is 0 Å². The fraction of sp³-hybridized carbons (Fsp3) is 0.550. The van der Waals surface area contributed by atoms with Gasteiger partial charge in [0.25, 0.3) is 0 Å². The van der Waals surface area contributed by atoms with Crippen molar-refractivity contribution >= 4 is 17.5 Å². The monoisotopic (exact) mass is 344 g/mol. The van der Waals surface area contributed by atoms with Crippen LogP contribution in [-0.4, -0.2) is 36.9 Å². The summed E-state index contributed by atoms with van der Waals surface area (Å²) in [4.78, 5) is 37.0. The Morgan fingerprint density at radius 3 is 2.44 bits per heavy atom. The molecule has 1 saturated carbocycles. The molecule has 1 aliphatic heterocycles. The van der Waals surface area contributed by atoms with Gasteiger partial charge in [-0.1, -0.05) is 18.2 Å². The first-order valence-corrected chi connectivity index (χ1v) is 8.99. The van der Waals surface area contributed by atoms with Crippen molar-refractivity contribution < 1.29 is 23.9 Å². The van der Waals surface area contributed by atoms with Crippen molar-refractivity contribution in [3.8, 4) is 0 Å². The zero-order valence-corrected chi connectivity index (χ0v) is 14.5. The lowest BCUT2D eigenvalue weighted by Crippen LogP contribution is -2.33. The summed E-state index contributed by atoms with van der Waals surface area (Å²) >= 11 is 0. The summed E-state index contributed by atoms with van der Waals surface area (Å²) in [6.45, 7) is 2.76. The van der Waals surface area contributed by atoms with Gasteiger partial charge in [-0.2, -0.15) is 0 Å². The number of hydrogen-bond donors (Lipinski definition) is 0. The number of Topliss-reactive ketones (excluding diaryl/α,β-unsaturated/α-hetero) is 2. The van der Waals surface area contributed by atoms with Crippen molar-refractivity contribution in [2.75, 3.05) is 13.2 Å². The molecule has 2 fully saturated rings. The van der Waals surface area contributed by atoms with Gasteiger partial charge < -0.3 is 9.47 Å². The van der Waals surface area contributed by atoms with Gasteiger partial charge in [0.1, 0.15) is 5.78 Å². The zero-order valence-electron chi connectivity index (χ0n) is 14.5. The minimum absolute atomic E-state index is 0.0526. The van der Waals surface area contributed by atoms with Crippen molar-refractivity contribution in [2.45, 2.75) is 45.1 Å². The van der Waals surface area contributed by atoms with Crippen molar-refractivity contribution in [1.29, 1.82) is 0 Å². The zero-order chi connectivity index (χ0) is 17.8. The minimum Gasteiger partial charge on any atom is -0.451 e. The van der Waals surface area contributed by atoms with E-state index >= 15 is 0 Å². The fourth-order valence-corrected chi connectivity index (χ4v) is 3.21. The van der Waals surface area contributed by atoms with E-state index in [-0.39, 0.29) is 29.8 Å². The highest BCUT2D eigenvalue weighted by molar-refractivity contribution is 5.96. The Kier molecular flexibility index (Phi) is 5.63. The summed E-state index contributed by atoms with van der Waals surface area (Å²) in [6.07, 6.45) is 2.70. The molecule has 0 radical (unpaired) electrons. The molecule has 5 heteroatoms. The molecule has 0 spiro atoms. The molecule has 1 aliphatic carbocycles. The molecule has 0 N–H and O–H groups in total. The van der Waals surface area contributed by atoms with E-state index in [9.17, 15) is 14.4 Å². The molecule has 1 heterocycles. The molecule has 1 aromatic rings. The highest BCUT2D eigenvalue weighted by Gasteiger charge is 2.31. The second-order valence-electron chi connectivity index (χ2n) is 6.91. The Morgan fingerprint density at radius 1 is 1.08 bits per heavy atom. The first-order valence-electron chi connectivity index (χ1n) is 8.99. The first kappa shape index (κ1) is 17.8. The molecule has 0 bridgehead atoms. The molecule has 25 heavy (non-hydrogen) atoms. The van der Waals surface area contributed by atoms with Gasteiger partial charge in [-0.3, -0.25) is 9.59 Å². The maximum absolute atomic E-state index is 12.5. The van der Waals surface area contributed by atoms with E-state index in [1.807, 2.05) is 6.07 Å². The van der Waals surface area contributed by atoms with Gasteiger partial charge >= 0.3 is 5.97 Å². The van der Waals surface area contributed by atoms with E-state index < -0.39 is 12.1 Å². The van der Waals surface area contributed by atoms with Gasteiger partial charge in [0.2, 0.25) is 0 Å². The van der Waals surface area contributed by atoms with Gasteiger partial charge in [-0.15, -0.1) is 0 Å². The standard InChI is InChI=1S/C20H24O5/c1-13(19(22)15-8-10-24-11-9-15)25-20(23)17-5-3-2-4-16(17)12-18(21)14-6-7-14/h2-5,13-15H,6-12H2,1H3. The average Bonchev–Trinajstić information content (AvgIpc) is 3.47. The molecule has 3 rings (SSSR count). The summed E-state index contributed by atoms with van der Waals surface area (Å²) < 4.78 is 10.7. The van der Waals surface area contributed by atoms with Crippen LogP contribution in [0.1, 0.15) is 48.5 Å². The van der Waals surface area contributed by atoms with Crippen LogP contribution in [-0.2, 0) is 25.5 Å². The number of esters is 1. The molecular weight excluding hydrogens is 320 g/mol. The van der Waals surface area contributed by atoms with Crippen LogP contribution < -0.4 is 0 Å². The van der Waals surface area contributed by atoms with Gasteiger partial charge in [-0.05, 0) is 44.2 Å². The van der Waals surface area contributed by atoms with E-state index in [0.29, 0.717) is 37.2 Å². The first-order chi connectivity index (χ1) is 12.1. The Labute approximate surface area is 147 Å². The van der Waals surface area contributed by atoms with Crippen LogP contribution in [0.15, 0.2) is 24.3 Å². The second-order valence-corrected chi connectivity index (χ2v) is 6.91. The maximum Gasteiger partial charge on any atom is 0.339 e. The van der Waals surface area contributed by atoms with Crippen molar-refractivity contribution in [2.24, 2.45) is 11.8 Å². The fourth-order valence-electron chi connectivity index (χ4n) is 3.21. The number of ether oxygens (including phenoxy) is 2. The average molecular weight is 344 g/mol. The smallest absolute Gasteiger partial charge is 0.339 e. The van der Waals surface area contributed by atoms with E-state index in [1.165, 1.54) is 0 Å². The molecule has 1 aromatic carbocycles. The quantitative estimate of drug-likeness (QED) is 0.711.